The van der Waals surface area contributed by atoms with E-state index in [1.54, 1.807) is 7.05 Å². The van der Waals surface area contributed by atoms with E-state index in [9.17, 15) is 14.7 Å². The molecule has 1 aliphatic heterocycles. The molecule has 1 aliphatic rings. The molecule has 110 valence electrons. The van der Waals surface area contributed by atoms with Gasteiger partial charge in [-0.05, 0) is 6.92 Å². The lowest BCUT2D eigenvalue weighted by Gasteiger charge is -2.37. The van der Waals surface area contributed by atoms with Crippen LogP contribution in [0.4, 0.5) is 4.79 Å². The molecule has 1 fully saturated rings. The highest BCUT2D eigenvalue weighted by Gasteiger charge is 2.34. The van der Waals surface area contributed by atoms with E-state index in [-0.39, 0.29) is 6.54 Å². The molecule has 0 bridgehead atoms. The molecule has 1 rings (SSSR count). The summed E-state index contributed by atoms with van der Waals surface area (Å²) in [4.78, 5) is 25.4. The first kappa shape index (κ1) is 15.7. The molecule has 1 heterocycles. The molecule has 0 spiro atoms. The van der Waals surface area contributed by atoms with Gasteiger partial charge in [-0.2, -0.15) is 0 Å². The average Bonchev–Trinajstić information content (AvgIpc) is 2.36. The molecule has 1 saturated heterocycles. The molecular weight excluding hydrogens is 252 g/mol. The molecule has 0 radical (unpaired) electrons. The van der Waals surface area contributed by atoms with Crippen LogP contribution < -0.4 is 0 Å². The Hall–Kier alpha value is -1.34. The maximum atomic E-state index is 12.1. The van der Waals surface area contributed by atoms with E-state index in [4.69, 9.17) is 9.84 Å². The lowest BCUT2D eigenvalue weighted by atomic mass is 9.94. The molecule has 19 heavy (non-hydrogen) atoms. The predicted molar refractivity (Wildman–Crippen MR) is 67.9 cm³/mol. The molecule has 0 aromatic carbocycles. The SMILES string of the molecule is CC(C(=O)O)N(C)C(=O)N(C)CC1(O)CCOCC1. The number of hydrogen-bond donors (Lipinski definition) is 2. The minimum absolute atomic E-state index is 0.172. The quantitative estimate of drug-likeness (QED) is 0.752. The van der Waals surface area contributed by atoms with Crippen molar-refractivity contribution in [2.45, 2.75) is 31.4 Å². The van der Waals surface area contributed by atoms with Crippen LogP contribution in [0.3, 0.4) is 0 Å². The molecule has 7 heteroatoms. The summed E-state index contributed by atoms with van der Waals surface area (Å²) in [5.41, 5.74) is -0.948. The number of urea groups is 1. The molecular formula is C12H22N2O5. The molecule has 0 saturated carbocycles. The second-order valence-corrected chi connectivity index (χ2v) is 5.10. The summed E-state index contributed by atoms with van der Waals surface area (Å²) in [6.07, 6.45) is 0.950. The lowest BCUT2D eigenvalue weighted by Crippen LogP contribution is -2.52. The third-order valence-corrected chi connectivity index (χ3v) is 3.52. The predicted octanol–water partition coefficient (Wildman–Crippen LogP) is -0.0154. The standard InChI is InChI=1S/C12H22N2O5/c1-9(10(15)16)14(3)11(17)13(2)8-12(18)4-6-19-7-5-12/h9,18H,4-8H2,1-3H3,(H,15,16). The van der Waals surface area contributed by atoms with E-state index < -0.39 is 23.6 Å². The van der Waals surface area contributed by atoms with E-state index in [1.165, 1.54) is 18.9 Å². The Morgan fingerprint density at radius 1 is 1.32 bits per heavy atom. The smallest absolute Gasteiger partial charge is 0.326 e. The van der Waals surface area contributed by atoms with Crippen molar-refractivity contribution in [1.82, 2.24) is 9.80 Å². The highest BCUT2D eigenvalue weighted by molar-refractivity contribution is 5.82. The van der Waals surface area contributed by atoms with Crippen molar-refractivity contribution in [3.8, 4) is 0 Å². The molecule has 0 aromatic rings. The van der Waals surface area contributed by atoms with Gasteiger partial charge in [-0.3, -0.25) is 0 Å². The summed E-state index contributed by atoms with van der Waals surface area (Å²) in [7, 11) is 2.99. The van der Waals surface area contributed by atoms with E-state index in [0.29, 0.717) is 26.1 Å². The van der Waals surface area contributed by atoms with Gasteiger partial charge in [0.05, 0.1) is 12.1 Å². The van der Waals surface area contributed by atoms with Gasteiger partial charge in [-0.15, -0.1) is 0 Å². The third kappa shape index (κ3) is 4.07. The Balaban J connectivity index is 2.59. The van der Waals surface area contributed by atoms with Gasteiger partial charge in [-0.25, -0.2) is 9.59 Å². The highest BCUT2D eigenvalue weighted by Crippen LogP contribution is 2.21. The van der Waals surface area contributed by atoms with Crippen LogP contribution in [0.1, 0.15) is 19.8 Å². The van der Waals surface area contributed by atoms with Gasteiger partial charge in [0, 0.05) is 40.2 Å². The molecule has 0 aromatic heterocycles. The Morgan fingerprint density at radius 3 is 2.32 bits per heavy atom. The molecule has 2 N–H and O–H groups in total. The molecule has 1 atom stereocenters. The number of aliphatic carboxylic acids is 1. The minimum Gasteiger partial charge on any atom is -0.480 e. The summed E-state index contributed by atoms with van der Waals surface area (Å²) >= 11 is 0. The van der Waals surface area contributed by atoms with Crippen LogP contribution in [-0.4, -0.2) is 77.5 Å². The van der Waals surface area contributed by atoms with Crippen LogP contribution in [0.2, 0.25) is 0 Å². The summed E-state index contributed by atoms with van der Waals surface area (Å²) < 4.78 is 5.17. The van der Waals surface area contributed by atoms with Crippen LogP contribution in [0, 0.1) is 0 Å². The van der Waals surface area contributed by atoms with E-state index >= 15 is 0 Å². The fourth-order valence-electron chi connectivity index (χ4n) is 2.02. The van der Waals surface area contributed by atoms with Crippen LogP contribution >= 0.6 is 0 Å². The highest BCUT2D eigenvalue weighted by atomic mass is 16.5. The number of carbonyl (C=O) groups is 2. The number of aliphatic hydroxyl groups is 1. The number of rotatable bonds is 4. The van der Waals surface area contributed by atoms with Gasteiger partial charge in [0.25, 0.3) is 0 Å². The maximum absolute atomic E-state index is 12.1. The minimum atomic E-state index is -1.06. The topological polar surface area (TPSA) is 90.3 Å². The zero-order chi connectivity index (χ0) is 14.6. The van der Waals surface area contributed by atoms with Gasteiger partial charge in [0.2, 0.25) is 0 Å². The fourth-order valence-corrected chi connectivity index (χ4v) is 2.02. The van der Waals surface area contributed by atoms with Crippen molar-refractivity contribution < 1.29 is 24.5 Å². The number of carbonyl (C=O) groups excluding carboxylic acids is 1. The maximum Gasteiger partial charge on any atom is 0.326 e. The fraction of sp³-hybridized carbons (Fsp3) is 0.833. The lowest BCUT2D eigenvalue weighted by molar-refractivity contribution is -0.141. The molecule has 0 aliphatic carbocycles. The average molecular weight is 274 g/mol. The largest absolute Gasteiger partial charge is 0.480 e. The van der Waals surface area contributed by atoms with Crippen LogP contribution in [0.15, 0.2) is 0 Å². The van der Waals surface area contributed by atoms with Gasteiger partial charge in [0.15, 0.2) is 0 Å². The van der Waals surface area contributed by atoms with E-state index in [2.05, 4.69) is 0 Å². The summed E-state index contributed by atoms with van der Waals surface area (Å²) in [6, 6.07) is -1.32. The first-order valence-corrected chi connectivity index (χ1v) is 6.28. The number of hydrogen-bond acceptors (Lipinski definition) is 4. The zero-order valence-corrected chi connectivity index (χ0v) is 11.6. The van der Waals surface area contributed by atoms with Gasteiger partial charge >= 0.3 is 12.0 Å². The van der Waals surface area contributed by atoms with Gasteiger partial charge < -0.3 is 24.7 Å². The zero-order valence-electron chi connectivity index (χ0n) is 11.6. The second kappa shape index (κ2) is 6.21. The van der Waals surface area contributed by atoms with E-state index in [0.717, 1.165) is 4.90 Å². The second-order valence-electron chi connectivity index (χ2n) is 5.10. The number of likely N-dealkylation sites (N-methyl/N-ethyl adjacent to an activating group) is 2. The van der Waals surface area contributed by atoms with Crippen LogP contribution in [0.5, 0.6) is 0 Å². The van der Waals surface area contributed by atoms with Crippen molar-refractivity contribution in [2.75, 3.05) is 33.9 Å². The Labute approximate surface area is 112 Å². The summed E-state index contributed by atoms with van der Waals surface area (Å²) in [6.45, 7) is 2.56. The number of amides is 2. The Bertz CT molecular complexity index is 341. The number of nitrogens with zero attached hydrogens (tertiary/aromatic N) is 2. The molecule has 1 unspecified atom stereocenters. The third-order valence-electron chi connectivity index (χ3n) is 3.52. The van der Waals surface area contributed by atoms with Gasteiger partial charge in [0.1, 0.15) is 6.04 Å². The van der Waals surface area contributed by atoms with Crippen molar-refractivity contribution in [1.29, 1.82) is 0 Å². The normalized spacial score (nSPS) is 19.6. The Morgan fingerprint density at radius 2 is 1.84 bits per heavy atom. The molecule has 7 nitrogen and oxygen atoms in total. The first-order chi connectivity index (χ1) is 8.77. The monoisotopic (exact) mass is 274 g/mol. The number of carboxylic acid groups (broad SMARTS) is 1. The van der Waals surface area contributed by atoms with Gasteiger partial charge in [-0.1, -0.05) is 0 Å². The van der Waals surface area contributed by atoms with Crippen molar-refractivity contribution in [3.63, 3.8) is 0 Å². The van der Waals surface area contributed by atoms with E-state index in [1.807, 2.05) is 0 Å². The molecule has 2 amide bonds. The number of carboxylic acids is 1. The van der Waals surface area contributed by atoms with Crippen molar-refractivity contribution >= 4 is 12.0 Å². The first-order valence-electron chi connectivity index (χ1n) is 6.28. The summed E-state index contributed by atoms with van der Waals surface area (Å²) in [5, 5.41) is 19.2. The van der Waals surface area contributed by atoms with Crippen molar-refractivity contribution in [2.24, 2.45) is 0 Å². The number of ether oxygens (including phenoxy) is 1. The summed E-state index contributed by atoms with van der Waals surface area (Å²) in [5.74, 6) is -1.06. The van der Waals surface area contributed by atoms with Crippen LogP contribution in [-0.2, 0) is 9.53 Å². The van der Waals surface area contributed by atoms with Crippen LogP contribution in [0.25, 0.3) is 0 Å². The van der Waals surface area contributed by atoms with Crippen molar-refractivity contribution in [3.05, 3.63) is 0 Å². The Kier molecular flexibility index (Phi) is 5.13.